The van der Waals surface area contributed by atoms with Gasteiger partial charge in [0.15, 0.2) is 0 Å². The first-order chi connectivity index (χ1) is 5.63. The molecule has 3 unspecified atom stereocenters. The average Bonchev–Trinajstić information content (AvgIpc) is 2.04. The fourth-order valence-electron chi connectivity index (χ4n) is 1.10. The Bertz CT molecular complexity index is 138. The SMILES string of the molecule is CCCS(=O)C(C)C(C)NCC. The van der Waals surface area contributed by atoms with Crippen molar-refractivity contribution in [1.29, 1.82) is 0 Å². The van der Waals surface area contributed by atoms with Crippen LogP contribution in [0.3, 0.4) is 0 Å². The van der Waals surface area contributed by atoms with Crippen LogP contribution in [0.4, 0.5) is 0 Å². The van der Waals surface area contributed by atoms with E-state index in [1.807, 2.05) is 0 Å². The van der Waals surface area contributed by atoms with E-state index in [9.17, 15) is 4.21 Å². The summed E-state index contributed by atoms with van der Waals surface area (Å²) in [6, 6.07) is 0.363. The third-order valence-electron chi connectivity index (χ3n) is 2.05. The van der Waals surface area contributed by atoms with Crippen LogP contribution >= 0.6 is 0 Å². The van der Waals surface area contributed by atoms with Gasteiger partial charge in [-0.25, -0.2) is 0 Å². The van der Waals surface area contributed by atoms with Crippen molar-refractivity contribution >= 4 is 10.8 Å². The van der Waals surface area contributed by atoms with Gasteiger partial charge in [0.2, 0.25) is 0 Å². The summed E-state index contributed by atoms with van der Waals surface area (Å²) in [5.74, 6) is 0.830. The summed E-state index contributed by atoms with van der Waals surface area (Å²) < 4.78 is 11.5. The summed E-state index contributed by atoms with van der Waals surface area (Å²) in [6.07, 6.45) is 1.01. The zero-order chi connectivity index (χ0) is 9.56. The van der Waals surface area contributed by atoms with Crippen molar-refractivity contribution < 1.29 is 4.21 Å². The zero-order valence-corrected chi connectivity index (χ0v) is 9.41. The van der Waals surface area contributed by atoms with E-state index in [1.54, 1.807) is 0 Å². The van der Waals surface area contributed by atoms with Gasteiger partial charge >= 0.3 is 0 Å². The second-order valence-corrected chi connectivity index (χ2v) is 5.05. The van der Waals surface area contributed by atoms with Gasteiger partial charge in [-0.2, -0.15) is 0 Å². The van der Waals surface area contributed by atoms with Crippen LogP contribution in [-0.2, 0) is 10.8 Å². The van der Waals surface area contributed by atoms with Gasteiger partial charge in [-0.1, -0.05) is 13.8 Å². The van der Waals surface area contributed by atoms with Crippen LogP contribution in [0.5, 0.6) is 0 Å². The van der Waals surface area contributed by atoms with E-state index in [2.05, 4.69) is 33.0 Å². The monoisotopic (exact) mass is 191 g/mol. The molecule has 0 heterocycles. The highest BCUT2D eigenvalue weighted by Crippen LogP contribution is 2.03. The molecule has 0 spiro atoms. The highest BCUT2D eigenvalue weighted by atomic mass is 32.2. The third kappa shape index (κ3) is 4.21. The molecular weight excluding hydrogens is 170 g/mol. The smallest absolute Gasteiger partial charge is 0.0470 e. The second kappa shape index (κ2) is 6.61. The van der Waals surface area contributed by atoms with Gasteiger partial charge < -0.3 is 5.32 Å². The molecule has 0 aliphatic rings. The summed E-state index contributed by atoms with van der Waals surface area (Å²) in [7, 11) is -0.659. The topological polar surface area (TPSA) is 29.1 Å². The maximum absolute atomic E-state index is 11.5. The van der Waals surface area contributed by atoms with Crippen LogP contribution in [0.25, 0.3) is 0 Å². The number of hydrogen-bond acceptors (Lipinski definition) is 2. The fourth-order valence-corrected chi connectivity index (χ4v) is 2.43. The molecule has 0 radical (unpaired) electrons. The molecule has 3 atom stereocenters. The van der Waals surface area contributed by atoms with Crippen molar-refractivity contribution in [2.75, 3.05) is 12.3 Å². The van der Waals surface area contributed by atoms with Crippen LogP contribution < -0.4 is 5.32 Å². The van der Waals surface area contributed by atoms with Crippen molar-refractivity contribution in [1.82, 2.24) is 5.32 Å². The Kier molecular flexibility index (Phi) is 6.67. The molecule has 0 aromatic rings. The van der Waals surface area contributed by atoms with E-state index < -0.39 is 10.8 Å². The minimum atomic E-state index is -0.659. The fraction of sp³-hybridized carbons (Fsp3) is 1.00. The van der Waals surface area contributed by atoms with Crippen molar-refractivity contribution in [2.45, 2.75) is 45.4 Å². The lowest BCUT2D eigenvalue weighted by Crippen LogP contribution is -2.38. The van der Waals surface area contributed by atoms with Crippen LogP contribution in [0.15, 0.2) is 0 Å². The lowest BCUT2D eigenvalue weighted by Gasteiger charge is -2.19. The minimum absolute atomic E-state index is 0.268. The van der Waals surface area contributed by atoms with Crippen LogP contribution in [0, 0.1) is 0 Å². The first kappa shape index (κ1) is 12.1. The summed E-state index contributed by atoms with van der Waals surface area (Å²) in [4.78, 5) is 0. The van der Waals surface area contributed by atoms with E-state index in [4.69, 9.17) is 0 Å². The maximum Gasteiger partial charge on any atom is 0.0470 e. The van der Waals surface area contributed by atoms with Crippen molar-refractivity contribution in [3.63, 3.8) is 0 Å². The van der Waals surface area contributed by atoms with Gasteiger partial charge in [-0.15, -0.1) is 0 Å². The Hall–Kier alpha value is 0.110. The predicted octanol–water partition coefficient (Wildman–Crippen LogP) is 1.53. The summed E-state index contributed by atoms with van der Waals surface area (Å²) in [5, 5.41) is 3.56. The molecule has 0 fully saturated rings. The number of nitrogens with one attached hydrogen (secondary N) is 1. The molecular formula is C9H21NOS. The Morgan fingerprint density at radius 1 is 1.33 bits per heavy atom. The lowest BCUT2D eigenvalue weighted by molar-refractivity contribution is 0.549. The molecule has 0 saturated carbocycles. The third-order valence-corrected chi connectivity index (χ3v) is 4.10. The van der Waals surface area contributed by atoms with Crippen LogP contribution in [0.2, 0.25) is 0 Å². The van der Waals surface area contributed by atoms with Gasteiger partial charge in [0.1, 0.15) is 0 Å². The van der Waals surface area contributed by atoms with Gasteiger partial charge in [-0.3, -0.25) is 4.21 Å². The largest absolute Gasteiger partial charge is 0.313 e. The molecule has 74 valence electrons. The molecule has 0 aromatic carbocycles. The molecule has 2 nitrogen and oxygen atoms in total. The van der Waals surface area contributed by atoms with Gasteiger partial charge in [-0.05, 0) is 26.8 Å². The average molecular weight is 191 g/mol. The molecule has 0 aromatic heterocycles. The number of hydrogen-bond donors (Lipinski definition) is 1. The highest BCUT2D eigenvalue weighted by Gasteiger charge is 2.16. The van der Waals surface area contributed by atoms with E-state index >= 15 is 0 Å². The highest BCUT2D eigenvalue weighted by molar-refractivity contribution is 7.85. The Balaban J connectivity index is 3.82. The van der Waals surface area contributed by atoms with Crippen molar-refractivity contribution in [3.05, 3.63) is 0 Å². The standard InChI is InChI=1S/C9H21NOS/c1-5-7-12(11)9(4)8(3)10-6-2/h8-10H,5-7H2,1-4H3. The van der Waals surface area contributed by atoms with E-state index in [0.29, 0.717) is 6.04 Å². The summed E-state index contributed by atoms with van der Waals surface area (Å²) in [6.45, 7) is 9.25. The van der Waals surface area contributed by atoms with Gasteiger partial charge in [0, 0.05) is 27.8 Å². The molecule has 0 saturated heterocycles. The number of rotatable bonds is 6. The van der Waals surface area contributed by atoms with Crippen LogP contribution in [-0.4, -0.2) is 27.8 Å². The molecule has 12 heavy (non-hydrogen) atoms. The second-order valence-electron chi connectivity index (χ2n) is 3.14. The van der Waals surface area contributed by atoms with Gasteiger partial charge in [0.25, 0.3) is 0 Å². The maximum atomic E-state index is 11.5. The Morgan fingerprint density at radius 3 is 2.33 bits per heavy atom. The molecule has 0 rings (SSSR count). The normalized spacial score (nSPS) is 18.7. The zero-order valence-electron chi connectivity index (χ0n) is 8.59. The van der Waals surface area contributed by atoms with Crippen LogP contribution in [0.1, 0.15) is 34.1 Å². The lowest BCUT2D eigenvalue weighted by atomic mass is 10.2. The van der Waals surface area contributed by atoms with Crippen molar-refractivity contribution in [2.24, 2.45) is 0 Å². The molecule has 0 aliphatic carbocycles. The molecule has 0 amide bonds. The Labute approximate surface area is 78.6 Å². The van der Waals surface area contributed by atoms with E-state index in [1.165, 1.54) is 0 Å². The van der Waals surface area contributed by atoms with E-state index in [-0.39, 0.29) is 5.25 Å². The predicted molar refractivity (Wildman–Crippen MR) is 55.9 cm³/mol. The molecule has 3 heteroatoms. The molecule has 1 N–H and O–H groups in total. The molecule has 0 aliphatic heterocycles. The quantitative estimate of drug-likeness (QED) is 0.690. The minimum Gasteiger partial charge on any atom is -0.313 e. The summed E-state index contributed by atoms with van der Waals surface area (Å²) in [5.41, 5.74) is 0. The Morgan fingerprint density at radius 2 is 1.92 bits per heavy atom. The first-order valence-electron chi connectivity index (χ1n) is 4.74. The molecule has 0 bridgehead atoms. The van der Waals surface area contributed by atoms with E-state index in [0.717, 1.165) is 18.7 Å². The van der Waals surface area contributed by atoms with Crippen molar-refractivity contribution in [3.8, 4) is 0 Å². The summed E-state index contributed by atoms with van der Waals surface area (Å²) >= 11 is 0. The first-order valence-corrected chi connectivity index (χ1v) is 6.12. The van der Waals surface area contributed by atoms with Gasteiger partial charge in [0.05, 0.1) is 0 Å².